The number of pyridine rings is 1. The number of anilines is 2. The third-order valence-corrected chi connectivity index (χ3v) is 5.82. The molecule has 1 aromatic heterocycles. The molecule has 152 valence electrons. The molecule has 1 saturated heterocycles. The molecular formula is C22H26N4O3. The largest absolute Gasteiger partial charge is 0.488 e. The van der Waals surface area contributed by atoms with Gasteiger partial charge in [-0.1, -0.05) is 12.1 Å². The average molecular weight is 394 g/mol. The quantitative estimate of drug-likeness (QED) is 0.861. The fraction of sp³-hybridized carbons (Fsp3) is 0.409. The highest BCUT2D eigenvalue weighted by Gasteiger charge is 2.28. The van der Waals surface area contributed by atoms with Crippen molar-refractivity contribution in [2.45, 2.75) is 32.1 Å². The molecule has 2 amide bonds. The molecule has 1 aromatic carbocycles. The summed E-state index contributed by atoms with van der Waals surface area (Å²) in [5.74, 6) is 0.953. The standard InChI is InChI=1S/C22H26N4O3/c1-22(2,21(23)28)16-5-7-17(8-6-16)26-11-12-29-18-13-15(14-24-19(18)26)20(27)25-9-3-4-10-25/h5-8,13-14H,3-4,9-12H2,1-2H3,(H2,23,28). The lowest BCUT2D eigenvalue weighted by Gasteiger charge is -2.31. The SMILES string of the molecule is CC(C)(C(N)=O)c1ccc(N2CCOc3cc(C(=O)N4CCCC4)cnc32)cc1. The Bertz CT molecular complexity index is 934. The number of hydrogen-bond donors (Lipinski definition) is 1. The molecule has 3 heterocycles. The van der Waals surface area contributed by atoms with Gasteiger partial charge in [-0.25, -0.2) is 4.98 Å². The first kappa shape index (κ1) is 19.2. The van der Waals surface area contributed by atoms with E-state index in [2.05, 4.69) is 9.88 Å². The van der Waals surface area contributed by atoms with Crippen molar-refractivity contribution in [3.05, 3.63) is 47.7 Å². The van der Waals surface area contributed by atoms with Crippen molar-refractivity contribution >= 4 is 23.3 Å². The lowest BCUT2D eigenvalue weighted by molar-refractivity contribution is -0.122. The molecule has 29 heavy (non-hydrogen) atoms. The normalized spacial score (nSPS) is 16.3. The number of nitrogens with zero attached hydrogens (tertiary/aromatic N) is 3. The van der Waals surface area contributed by atoms with Crippen LogP contribution in [0.5, 0.6) is 5.75 Å². The van der Waals surface area contributed by atoms with Gasteiger partial charge in [0.05, 0.1) is 17.5 Å². The monoisotopic (exact) mass is 394 g/mol. The van der Waals surface area contributed by atoms with Crippen LogP contribution in [-0.2, 0) is 10.2 Å². The maximum Gasteiger partial charge on any atom is 0.255 e. The Hall–Kier alpha value is -3.09. The fourth-order valence-electron chi connectivity index (χ4n) is 3.77. The molecule has 0 aliphatic carbocycles. The molecule has 2 aromatic rings. The van der Waals surface area contributed by atoms with E-state index in [9.17, 15) is 9.59 Å². The Morgan fingerprint density at radius 2 is 1.79 bits per heavy atom. The first-order chi connectivity index (χ1) is 13.9. The van der Waals surface area contributed by atoms with Gasteiger partial charge in [-0.15, -0.1) is 0 Å². The third-order valence-electron chi connectivity index (χ3n) is 5.82. The molecule has 0 bridgehead atoms. The highest BCUT2D eigenvalue weighted by molar-refractivity contribution is 5.95. The molecular weight excluding hydrogens is 368 g/mol. The lowest BCUT2D eigenvalue weighted by Crippen LogP contribution is -2.35. The number of carbonyl (C=O) groups excluding carboxylic acids is 2. The smallest absolute Gasteiger partial charge is 0.255 e. The van der Waals surface area contributed by atoms with Gasteiger partial charge in [-0.3, -0.25) is 9.59 Å². The average Bonchev–Trinajstić information content (AvgIpc) is 3.27. The number of aromatic nitrogens is 1. The van der Waals surface area contributed by atoms with E-state index in [1.54, 1.807) is 12.3 Å². The molecule has 0 atom stereocenters. The Morgan fingerprint density at radius 3 is 2.45 bits per heavy atom. The zero-order valence-electron chi connectivity index (χ0n) is 16.9. The number of fused-ring (bicyclic) bond motifs is 1. The number of ether oxygens (including phenoxy) is 1. The van der Waals surface area contributed by atoms with Crippen molar-refractivity contribution in [1.82, 2.24) is 9.88 Å². The molecule has 0 unspecified atom stereocenters. The van der Waals surface area contributed by atoms with Crippen molar-refractivity contribution in [2.24, 2.45) is 5.73 Å². The van der Waals surface area contributed by atoms with E-state index < -0.39 is 5.41 Å². The second kappa shape index (κ2) is 7.39. The lowest BCUT2D eigenvalue weighted by atomic mass is 9.84. The van der Waals surface area contributed by atoms with Gasteiger partial charge in [0.1, 0.15) is 6.61 Å². The summed E-state index contributed by atoms with van der Waals surface area (Å²) in [4.78, 5) is 32.8. The maximum absolute atomic E-state index is 12.6. The number of nitrogens with two attached hydrogens (primary N) is 1. The van der Waals surface area contributed by atoms with E-state index in [0.717, 1.165) is 37.2 Å². The van der Waals surface area contributed by atoms with Crippen LogP contribution in [-0.4, -0.2) is 47.9 Å². The Labute approximate surface area is 170 Å². The molecule has 2 aliphatic rings. The minimum atomic E-state index is -0.732. The third kappa shape index (κ3) is 3.52. The van der Waals surface area contributed by atoms with Gasteiger partial charge >= 0.3 is 0 Å². The van der Waals surface area contributed by atoms with Crippen molar-refractivity contribution in [2.75, 3.05) is 31.1 Å². The van der Waals surface area contributed by atoms with Crippen LogP contribution in [0.2, 0.25) is 0 Å². The molecule has 0 saturated carbocycles. The van der Waals surface area contributed by atoms with Gasteiger partial charge in [-0.05, 0) is 50.5 Å². The van der Waals surface area contributed by atoms with Crippen LogP contribution in [0.15, 0.2) is 36.5 Å². The summed E-state index contributed by atoms with van der Waals surface area (Å²) in [5.41, 5.74) is 7.16. The maximum atomic E-state index is 12.6. The predicted octanol–water partition coefficient (Wildman–Crippen LogP) is 2.61. The first-order valence-electron chi connectivity index (χ1n) is 9.98. The van der Waals surface area contributed by atoms with Crippen molar-refractivity contribution in [3.8, 4) is 5.75 Å². The van der Waals surface area contributed by atoms with Gasteiger partial charge in [0.15, 0.2) is 11.6 Å². The Balaban J connectivity index is 1.60. The Morgan fingerprint density at radius 1 is 1.10 bits per heavy atom. The zero-order chi connectivity index (χ0) is 20.6. The topological polar surface area (TPSA) is 88.8 Å². The van der Waals surface area contributed by atoms with Gasteiger partial charge in [0.25, 0.3) is 5.91 Å². The van der Waals surface area contributed by atoms with Crippen molar-refractivity contribution in [1.29, 1.82) is 0 Å². The molecule has 2 N–H and O–H groups in total. The van der Waals surface area contributed by atoms with E-state index in [4.69, 9.17) is 10.5 Å². The van der Waals surface area contributed by atoms with Crippen molar-refractivity contribution < 1.29 is 14.3 Å². The minimum Gasteiger partial charge on any atom is -0.488 e. The zero-order valence-corrected chi connectivity index (χ0v) is 16.9. The first-order valence-corrected chi connectivity index (χ1v) is 9.98. The summed E-state index contributed by atoms with van der Waals surface area (Å²) in [6.45, 7) is 6.39. The summed E-state index contributed by atoms with van der Waals surface area (Å²) < 4.78 is 5.80. The van der Waals surface area contributed by atoms with Crippen LogP contribution >= 0.6 is 0 Å². The number of rotatable bonds is 4. The van der Waals surface area contributed by atoms with Crippen LogP contribution < -0.4 is 15.4 Å². The van der Waals surface area contributed by atoms with Gasteiger partial charge in [0, 0.05) is 25.0 Å². The summed E-state index contributed by atoms with van der Waals surface area (Å²) in [7, 11) is 0. The highest BCUT2D eigenvalue weighted by Crippen LogP contribution is 2.36. The molecule has 1 fully saturated rings. The minimum absolute atomic E-state index is 0.0107. The second-order valence-electron chi connectivity index (χ2n) is 8.08. The molecule has 7 nitrogen and oxygen atoms in total. The molecule has 4 rings (SSSR count). The number of carbonyl (C=O) groups is 2. The summed E-state index contributed by atoms with van der Waals surface area (Å²) in [6, 6.07) is 9.54. The van der Waals surface area contributed by atoms with Crippen LogP contribution in [0.1, 0.15) is 42.6 Å². The van der Waals surface area contributed by atoms with Gasteiger partial charge in [0.2, 0.25) is 5.91 Å². The van der Waals surface area contributed by atoms with Crippen molar-refractivity contribution in [3.63, 3.8) is 0 Å². The Kier molecular flexibility index (Phi) is 4.90. The molecule has 0 spiro atoms. The van der Waals surface area contributed by atoms with E-state index in [1.807, 2.05) is 43.0 Å². The van der Waals surface area contributed by atoms with E-state index in [1.165, 1.54) is 0 Å². The number of amides is 2. The number of hydrogen-bond acceptors (Lipinski definition) is 5. The van der Waals surface area contributed by atoms with Crippen LogP contribution in [0.4, 0.5) is 11.5 Å². The molecule has 0 radical (unpaired) electrons. The highest BCUT2D eigenvalue weighted by atomic mass is 16.5. The van der Waals surface area contributed by atoms with E-state index >= 15 is 0 Å². The summed E-state index contributed by atoms with van der Waals surface area (Å²) in [5, 5.41) is 0. The molecule has 2 aliphatic heterocycles. The van der Waals surface area contributed by atoms with Crippen LogP contribution in [0.25, 0.3) is 0 Å². The number of likely N-dealkylation sites (tertiary alicyclic amines) is 1. The van der Waals surface area contributed by atoms with Crippen LogP contribution in [0, 0.1) is 0 Å². The summed E-state index contributed by atoms with van der Waals surface area (Å²) in [6.07, 6.45) is 3.74. The van der Waals surface area contributed by atoms with E-state index in [0.29, 0.717) is 30.3 Å². The summed E-state index contributed by atoms with van der Waals surface area (Å²) >= 11 is 0. The number of benzene rings is 1. The predicted molar refractivity (Wildman–Crippen MR) is 111 cm³/mol. The fourth-order valence-corrected chi connectivity index (χ4v) is 3.77. The van der Waals surface area contributed by atoms with Crippen LogP contribution in [0.3, 0.4) is 0 Å². The van der Waals surface area contributed by atoms with Gasteiger partial charge < -0.3 is 20.3 Å². The number of primary amides is 1. The second-order valence-corrected chi connectivity index (χ2v) is 8.08. The van der Waals surface area contributed by atoms with Gasteiger partial charge in [-0.2, -0.15) is 0 Å². The molecule has 7 heteroatoms. The van der Waals surface area contributed by atoms with E-state index in [-0.39, 0.29) is 11.8 Å².